The Morgan fingerprint density at radius 1 is 1.30 bits per heavy atom. The summed E-state index contributed by atoms with van der Waals surface area (Å²) in [4.78, 5) is 4.22. The number of thiazole rings is 1. The molecule has 20 heavy (non-hydrogen) atoms. The predicted molar refractivity (Wildman–Crippen MR) is 81.3 cm³/mol. The van der Waals surface area contributed by atoms with Crippen LogP contribution in [0.25, 0.3) is 0 Å². The van der Waals surface area contributed by atoms with Crippen molar-refractivity contribution < 1.29 is 8.42 Å². The van der Waals surface area contributed by atoms with Gasteiger partial charge in [-0.3, -0.25) is 4.72 Å². The molecule has 0 aliphatic heterocycles. The first-order chi connectivity index (χ1) is 9.49. The normalized spacial score (nSPS) is 11.8. The minimum absolute atomic E-state index is 0.281. The molecule has 2 rings (SSSR count). The highest BCUT2D eigenvalue weighted by molar-refractivity contribution is 7.93. The number of rotatable bonds is 6. The fourth-order valence-corrected chi connectivity index (χ4v) is 3.70. The van der Waals surface area contributed by atoms with E-state index in [9.17, 15) is 8.42 Å². The van der Waals surface area contributed by atoms with Crippen LogP contribution in [0.15, 0.2) is 40.7 Å². The molecule has 0 fully saturated rings. The summed E-state index contributed by atoms with van der Waals surface area (Å²) in [5.41, 5.74) is 0.741. The highest BCUT2D eigenvalue weighted by Crippen LogP contribution is 2.20. The molecule has 7 heteroatoms. The number of aromatic nitrogens is 1. The van der Waals surface area contributed by atoms with Gasteiger partial charge in [0.05, 0.1) is 4.90 Å². The standard InChI is InChI=1S/C13H17N3O2S2/c1-10(2)15-9-11-5-3-4-6-12(11)20(17,18)16-13-14-7-8-19-13/h3-8,10,15H,9H2,1-2H3,(H,14,16). The Morgan fingerprint density at radius 3 is 2.70 bits per heavy atom. The van der Waals surface area contributed by atoms with Crippen LogP contribution in [0, 0.1) is 0 Å². The predicted octanol–water partition coefficient (Wildman–Crippen LogP) is 2.44. The van der Waals surface area contributed by atoms with Crippen LogP contribution in [0.2, 0.25) is 0 Å². The van der Waals surface area contributed by atoms with Crippen LogP contribution in [-0.2, 0) is 16.6 Å². The molecule has 0 bridgehead atoms. The lowest BCUT2D eigenvalue weighted by Crippen LogP contribution is -2.24. The van der Waals surface area contributed by atoms with Crippen molar-refractivity contribution in [1.29, 1.82) is 0 Å². The minimum atomic E-state index is -3.60. The van der Waals surface area contributed by atoms with E-state index >= 15 is 0 Å². The Balaban J connectivity index is 2.26. The van der Waals surface area contributed by atoms with Crippen molar-refractivity contribution in [3.63, 3.8) is 0 Å². The number of hydrogen-bond acceptors (Lipinski definition) is 5. The molecule has 0 saturated carbocycles. The Kier molecular flexibility index (Phi) is 4.74. The summed E-state index contributed by atoms with van der Waals surface area (Å²) < 4.78 is 27.3. The van der Waals surface area contributed by atoms with Crippen LogP contribution in [0.5, 0.6) is 0 Å². The third-order valence-electron chi connectivity index (χ3n) is 2.62. The zero-order chi connectivity index (χ0) is 14.6. The van der Waals surface area contributed by atoms with Gasteiger partial charge in [0.25, 0.3) is 10.0 Å². The molecule has 0 radical (unpaired) electrons. The Hall–Kier alpha value is -1.44. The molecule has 2 aromatic rings. The molecule has 5 nitrogen and oxygen atoms in total. The summed E-state index contributed by atoms with van der Waals surface area (Å²) in [5.74, 6) is 0. The number of hydrogen-bond donors (Lipinski definition) is 2. The van der Waals surface area contributed by atoms with E-state index in [0.29, 0.717) is 11.7 Å². The number of sulfonamides is 1. The lowest BCUT2D eigenvalue weighted by molar-refractivity contribution is 0.576. The zero-order valence-corrected chi connectivity index (χ0v) is 13.0. The summed E-state index contributed by atoms with van der Waals surface area (Å²) in [6.07, 6.45) is 1.56. The molecule has 1 aromatic heterocycles. The molecule has 0 saturated heterocycles. The number of nitrogens with zero attached hydrogens (tertiary/aromatic N) is 1. The second-order valence-electron chi connectivity index (χ2n) is 4.59. The van der Waals surface area contributed by atoms with Gasteiger partial charge in [-0.05, 0) is 11.6 Å². The second kappa shape index (κ2) is 6.34. The first-order valence-electron chi connectivity index (χ1n) is 6.22. The molecule has 0 aliphatic rings. The number of benzene rings is 1. The molecule has 0 unspecified atom stereocenters. The van der Waals surface area contributed by atoms with E-state index in [4.69, 9.17) is 0 Å². The third-order valence-corrected chi connectivity index (χ3v) is 4.87. The van der Waals surface area contributed by atoms with Crippen LogP contribution in [0.1, 0.15) is 19.4 Å². The molecule has 1 heterocycles. The van der Waals surface area contributed by atoms with Gasteiger partial charge in [0.1, 0.15) is 0 Å². The van der Waals surface area contributed by atoms with E-state index in [1.807, 2.05) is 26.0 Å². The van der Waals surface area contributed by atoms with Gasteiger partial charge < -0.3 is 5.32 Å². The van der Waals surface area contributed by atoms with Gasteiger partial charge in [-0.2, -0.15) is 0 Å². The van der Waals surface area contributed by atoms with Gasteiger partial charge in [-0.25, -0.2) is 13.4 Å². The first-order valence-corrected chi connectivity index (χ1v) is 8.59. The first kappa shape index (κ1) is 15.0. The van der Waals surface area contributed by atoms with Gasteiger partial charge in [-0.15, -0.1) is 11.3 Å². The van der Waals surface area contributed by atoms with Gasteiger partial charge >= 0.3 is 0 Å². The van der Waals surface area contributed by atoms with Crippen molar-refractivity contribution in [3.8, 4) is 0 Å². The van der Waals surface area contributed by atoms with Crippen LogP contribution < -0.4 is 10.0 Å². The molecule has 0 amide bonds. The summed E-state index contributed by atoms with van der Waals surface area (Å²) in [6, 6.07) is 7.26. The average molecular weight is 311 g/mol. The zero-order valence-electron chi connectivity index (χ0n) is 11.3. The van der Waals surface area contributed by atoms with E-state index in [0.717, 1.165) is 5.56 Å². The van der Waals surface area contributed by atoms with Gasteiger partial charge in [-0.1, -0.05) is 32.0 Å². The lowest BCUT2D eigenvalue weighted by atomic mass is 10.2. The monoisotopic (exact) mass is 311 g/mol. The smallest absolute Gasteiger partial charge is 0.263 e. The Labute approximate surface area is 123 Å². The SMILES string of the molecule is CC(C)NCc1ccccc1S(=O)(=O)Nc1nccs1. The molecule has 108 valence electrons. The molecular weight excluding hydrogens is 294 g/mol. The van der Waals surface area contributed by atoms with Crippen LogP contribution in [0.4, 0.5) is 5.13 Å². The highest BCUT2D eigenvalue weighted by Gasteiger charge is 2.19. The second-order valence-corrected chi connectivity index (χ2v) is 7.13. The maximum Gasteiger partial charge on any atom is 0.263 e. The van der Waals surface area contributed by atoms with Crippen molar-refractivity contribution >= 4 is 26.5 Å². The largest absolute Gasteiger partial charge is 0.310 e. The highest BCUT2D eigenvalue weighted by atomic mass is 32.2. The van der Waals surface area contributed by atoms with Gasteiger partial charge in [0.2, 0.25) is 0 Å². The topological polar surface area (TPSA) is 71.1 Å². The Bertz CT molecular complexity index is 652. The maximum atomic E-state index is 12.4. The van der Waals surface area contributed by atoms with Crippen molar-refractivity contribution in [2.24, 2.45) is 0 Å². The van der Waals surface area contributed by atoms with Crippen molar-refractivity contribution in [3.05, 3.63) is 41.4 Å². The average Bonchev–Trinajstić information content (AvgIpc) is 2.88. The van der Waals surface area contributed by atoms with Crippen molar-refractivity contribution in [1.82, 2.24) is 10.3 Å². The molecule has 0 atom stereocenters. The summed E-state index contributed by atoms with van der Waals surface area (Å²) in [5, 5.41) is 5.33. The summed E-state index contributed by atoms with van der Waals surface area (Å²) >= 11 is 1.25. The van der Waals surface area contributed by atoms with Crippen LogP contribution >= 0.6 is 11.3 Å². The molecule has 1 aromatic carbocycles. The molecule has 0 aliphatic carbocycles. The lowest BCUT2D eigenvalue weighted by Gasteiger charge is -2.13. The summed E-state index contributed by atoms with van der Waals surface area (Å²) in [6.45, 7) is 4.54. The minimum Gasteiger partial charge on any atom is -0.310 e. The maximum absolute atomic E-state index is 12.4. The third kappa shape index (κ3) is 3.78. The quantitative estimate of drug-likeness (QED) is 0.859. The van der Waals surface area contributed by atoms with Crippen LogP contribution in [-0.4, -0.2) is 19.4 Å². The summed E-state index contributed by atoms with van der Waals surface area (Å²) in [7, 11) is -3.60. The van der Waals surface area contributed by atoms with Gasteiger partial charge in [0, 0.05) is 24.2 Å². The fraction of sp³-hybridized carbons (Fsp3) is 0.308. The van der Waals surface area contributed by atoms with E-state index in [2.05, 4.69) is 15.0 Å². The van der Waals surface area contributed by atoms with E-state index < -0.39 is 10.0 Å². The van der Waals surface area contributed by atoms with Crippen LogP contribution in [0.3, 0.4) is 0 Å². The Morgan fingerprint density at radius 2 is 2.05 bits per heavy atom. The molecule has 0 spiro atoms. The molecule has 2 N–H and O–H groups in total. The van der Waals surface area contributed by atoms with Gasteiger partial charge in [0.15, 0.2) is 5.13 Å². The van der Waals surface area contributed by atoms with Crippen molar-refractivity contribution in [2.45, 2.75) is 31.3 Å². The van der Waals surface area contributed by atoms with Crippen molar-refractivity contribution in [2.75, 3.05) is 4.72 Å². The number of nitrogens with one attached hydrogen (secondary N) is 2. The molecular formula is C13H17N3O2S2. The fourth-order valence-electron chi connectivity index (χ4n) is 1.67. The van der Waals surface area contributed by atoms with E-state index in [1.54, 1.807) is 23.7 Å². The number of anilines is 1. The van der Waals surface area contributed by atoms with E-state index in [1.165, 1.54) is 11.3 Å². The van der Waals surface area contributed by atoms with E-state index in [-0.39, 0.29) is 10.9 Å².